The first-order valence-electron chi connectivity index (χ1n) is 7.28. The van der Waals surface area contributed by atoms with Crippen molar-refractivity contribution in [1.29, 1.82) is 0 Å². The number of hydrogen-bond acceptors (Lipinski definition) is 3. The fourth-order valence-electron chi connectivity index (χ4n) is 2.78. The largest absolute Gasteiger partial charge is 0.399 e. The highest BCUT2D eigenvalue weighted by Crippen LogP contribution is 2.29. The Kier molecular flexibility index (Phi) is 4.33. The van der Waals surface area contributed by atoms with E-state index in [9.17, 15) is 4.79 Å². The summed E-state index contributed by atoms with van der Waals surface area (Å²) in [6.45, 7) is 8.49. The van der Waals surface area contributed by atoms with Crippen molar-refractivity contribution in [2.45, 2.75) is 39.7 Å². The van der Waals surface area contributed by atoms with Crippen molar-refractivity contribution in [3.05, 3.63) is 24.3 Å². The normalized spacial score (nSPS) is 20.4. The average molecular weight is 275 g/mol. The predicted octanol–water partition coefficient (Wildman–Crippen LogP) is 2.72. The van der Waals surface area contributed by atoms with E-state index in [2.05, 4.69) is 24.1 Å². The molecule has 1 aromatic rings. The van der Waals surface area contributed by atoms with Gasteiger partial charge in [0.2, 0.25) is 5.91 Å². The number of nitrogens with one attached hydrogen (secondary N) is 1. The second-order valence-electron chi connectivity index (χ2n) is 6.53. The molecule has 1 heterocycles. The van der Waals surface area contributed by atoms with Gasteiger partial charge in [0, 0.05) is 17.9 Å². The van der Waals surface area contributed by atoms with Crippen LogP contribution in [0.3, 0.4) is 0 Å². The zero-order valence-electron chi connectivity index (χ0n) is 12.6. The van der Waals surface area contributed by atoms with Gasteiger partial charge in [-0.1, -0.05) is 13.8 Å². The van der Waals surface area contributed by atoms with Crippen molar-refractivity contribution < 1.29 is 4.79 Å². The van der Waals surface area contributed by atoms with E-state index in [1.165, 1.54) is 6.42 Å². The summed E-state index contributed by atoms with van der Waals surface area (Å²) < 4.78 is 0. The number of nitrogens with two attached hydrogens (primary N) is 1. The lowest BCUT2D eigenvalue weighted by atomic mass is 9.83. The van der Waals surface area contributed by atoms with Crippen LogP contribution in [0.1, 0.15) is 33.6 Å². The Morgan fingerprint density at radius 3 is 2.60 bits per heavy atom. The van der Waals surface area contributed by atoms with Gasteiger partial charge in [-0.3, -0.25) is 9.69 Å². The molecule has 1 unspecified atom stereocenters. The van der Waals surface area contributed by atoms with Crippen molar-refractivity contribution >= 4 is 17.3 Å². The maximum atomic E-state index is 12.3. The molecule has 4 nitrogen and oxygen atoms in total. The van der Waals surface area contributed by atoms with Gasteiger partial charge in [-0.25, -0.2) is 0 Å². The number of likely N-dealkylation sites (tertiary alicyclic amines) is 1. The Morgan fingerprint density at radius 1 is 1.35 bits per heavy atom. The number of amides is 1. The smallest absolute Gasteiger partial charge is 0.241 e. The van der Waals surface area contributed by atoms with Crippen LogP contribution in [0.15, 0.2) is 24.3 Å². The molecule has 0 radical (unpaired) electrons. The monoisotopic (exact) mass is 275 g/mol. The zero-order valence-corrected chi connectivity index (χ0v) is 12.6. The SMILES string of the molecule is CC(C(=O)Nc1ccc(N)cc1)N1CCCC(C)(C)C1. The van der Waals surface area contributed by atoms with Gasteiger partial charge >= 0.3 is 0 Å². The van der Waals surface area contributed by atoms with Gasteiger partial charge in [-0.05, 0) is 56.0 Å². The fraction of sp³-hybridized carbons (Fsp3) is 0.562. The van der Waals surface area contributed by atoms with Gasteiger partial charge in [0.05, 0.1) is 6.04 Å². The third kappa shape index (κ3) is 3.73. The van der Waals surface area contributed by atoms with Crippen LogP contribution >= 0.6 is 0 Å². The second-order valence-corrected chi connectivity index (χ2v) is 6.53. The number of carbonyl (C=O) groups is 1. The molecule has 0 saturated carbocycles. The van der Waals surface area contributed by atoms with Crippen LogP contribution in [0.4, 0.5) is 11.4 Å². The molecule has 1 aliphatic rings. The molecule has 0 spiro atoms. The number of hydrogen-bond donors (Lipinski definition) is 2. The molecular formula is C16H25N3O. The van der Waals surface area contributed by atoms with E-state index in [4.69, 9.17) is 5.73 Å². The molecule has 0 aliphatic carbocycles. The van der Waals surface area contributed by atoms with E-state index in [-0.39, 0.29) is 11.9 Å². The van der Waals surface area contributed by atoms with Crippen LogP contribution in [-0.2, 0) is 4.79 Å². The van der Waals surface area contributed by atoms with Crippen molar-refractivity contribution in [2.24, 2.45) is 5.41 Å². The van der Waals surface area contributed by atoms with Crippen LogP contribution in [0.2, 0.25) is 0 Å². The molecule has 1 amide bonds. The molecule has 4 heteroatoms. The molecule has 2 rings (SSSR count). The first kappa shape index (κ1) is 14.9. The lowest BCUT2D eigenvalue weighted by molar-refractivity contribution is -0.121. The molecule has 3 N–H and O–H groups in total. The summed E-state index contributed by atoms with van der Waals surface area (Å²) in [6, 6.07) is 7.15. The molecule has 1 aromatic carbocycles. The molecule has 0 bridgehead atoms. The number of nitrogens with zero attached hydrogens (tertiary/aromatic N) is 1. The van der Waals surface area contributed by atoms with Crippen LogP contribution in [0.25, 0.3) is 0 Å². The molecule has 0 aromatic heterocycles. The van der Waals surface area contributed by atoms with Gasteiger partial charge in [-0.15, -0.1) is 0 Å². The maximum Gasteiger partial charge on any atom is 0.241 e. The van der Waals surface area contributed by atoms with E-state index in [1.54, 1.807) is 12.1 Å². The van der Waals surface area contributed by atoms with Crippen LogP contribution in [-0.4, -0.2) is 29.9 Å². The average Bonchev–Trinajstić information content (AvgIpc) is 2.39. The van der Waals surface area contributed by atoms with Crippen molar-refractivity contribution in [2.75, 3.05) is 24.1 Å². The van der Waals surface area contributed by atoms with Crippen LogP contribution in [0, 0.1) is 5.41 Å². The van der Waals surface area contributed by atoms with Crippen molar-refractivity contribution in [1.82, 2.24) is 4.90 Å². The number of benzene rings is 1. The Balaban J connectivity index is 1.96. The Labute approximate surface area is 121 Å². The molecule has 110 valence electrons. The van der Waals surface area contributed by atoms with Crippen molar-refractivity contribution in [3.63, 3.8) is 0 Å². The topological polar surface area (TPSA) is 58.4 Å². The Hall–Kier alpha value is -1.55. The lowest BCUT2D eigenvalue weighted by Crippen LogP contribution is -2.49. The van der Waals surface area contributed by atoms with Gasteiger partial charge in [0.25, 0.3) is 0 Å². The highest BCUT2D eigenvalue weighted by Gasteiger charge is 2.31. The molecule has 1 atom stereocenters. The van der Waals surface area contributed by atoms with Gasteiger partial charge in [-0.2, -0.15) is 0 Å². The molecule has 1 saturated heterocycles. The summed E-state index contributed by atoms with van der Waals surface area (Å²) in [5, 5.41) is 2.96. The van der Waals surface area contributed by atoms with E-state index < -0.39 is 0 Å². The standard InChI is InChI=1S/C16H25N3O/c1-12(19-10-4-9-16(2,3)11-19)15(20)18-14-7-5-13(17)6-8-14/h5-8,12H,4,9-11,17H2,1-3H3,(H,18,20). The Bertz CT molecular complexity index is 467. The third-order valence-corrected chi connectivity index (χ3v) is 4.04. The first-order valence-corrected chi connectivity index (χ1v) is 7.28. The van der Waals surface area contributed by atoms with E-state index >= 15 is 0 Å². The van der Waals surface area contributed by atoms with E-state index in [0.29, 0.717) is 11.1 Å². The van der Waals surface area contributed by atoms with Gasteiger partial charge in [0.15, 0.2) is 0 Å². The summed E-state index contributed by atoms with van der Waals surface area (Å²) in [6.07, 6.45) is 2.39. The highest BCUT2D eigenvalue weighted by atomic mass is 16.2. The summed E-state index contributed by atoms with van der Waals surface area (Å²) in [5.74, 6) is 0.0486. The minimum absolute atomic E-state index is 0.0486. The predicted molar refractivity (Wildman–Crippen MR) is 83.5 cm³/mol. The summed E-state index contributed by atoms with van der Waals surface area (Å²) in [5.41, 5.74) is 7.44. The number of rotatable bonds is 3. The van der Waals surface area contributed by atoms with Crippen LogP contribution < -0.4 is 11.1 Å². The van der Waals surface area contributed by atoms with Crippen LogP contribution in [0.5, 0.6) is 0 Å². The quantitative estimate of drug-likeness (QED) is 0.834. The minimum atomic E-state index is -0.105. The first-order chi connectivity index (χ1) is 9.37. The molecular weight excluding hydrogens is 250 g/mol. The highest BCUT2D eigenvalue weighted by molar-refractivity contribution is 5.94. The maximum absolute atomic E-state index is 12.3. The number of piperidine rings is 1. The summed E-state index contributed by atoms with van der Waals surface area (Å²) >= 11 is 0. The second kappa shape index (κ2) is 5.83. The van der Waals surface area contributed by atoms with Gasteiger partial charge in [0.1, 0.15) is 0 Å². The molecule has 1 fully saturated rings. The number of carbonyl (C=O) groups excluding carboxylic acids is 1. The zero-order chi connectivity index (χ0) is 14.8. The molecule has 1 aliphatic heterocycles. The van der Waals surface area contributed by atoms with E-state index in [0.717, 1.165) is 25.2 Å². The van der Waals surface area contributed by atoms with Gasteiger partial charge < -0.3 is 11.1 Å². The number of anilines is 2. The summed E-state index contributed by atoms with van der Waals surface area (Å²) in [4.78, 5) is 14.6. The lowest BCUT2D eigenvalue weighted by Gasteiger charge is -2.40. The summed E-state index contributed by atoms with van der Waals surface area (Å²) in [7, 11) is 0. The minimum Gasteiger partial charge on any atom is -0.399 e. The third-order valence-electron chi connectivity index (χ3n) is 4.04. The van der Waals surface area contributed by atoms with E-state index in [1.807, 2.05) is 19.1 Å². The molecule has 20 heavy (non-hydrogen) atoms. The Morgan fingerprint density at radius 2 is 2.00 bits per heavy atom. The fourth-order valence-corrected chi connectivity index (χ4v) is 2.78. The number of nitrogen functional groups attached to an aromatic ring is 1. The van der Waals surface area contributed by atoms with Crippen molar-refractivity contribution in [3.8, 4) is 0 Å².